The summed E-state index contributed by atoms with van der Waals surface area (Å²) in [5, 5.41) is 0. The minimum atomic E-state index is 0.494. The molecule has 0 saturated carbocycles. The molecular formula is C8H8BBrN2. The first kappa shape index (κ1) is 9.19. The summed E-state index contributed by atoms with van der Waals surface area (Å²) in [7, 11) is 5.54. The van der Waals surface area contributed by atoms with E-state index in [1.165, 1.54) is 6.20 Å². The zero-order valence-electron chi connectivity index (χ0n) is 6.47. The predicted octanol–water partition coefficient (Wildman–Crippen LogP) is 1.81. The average Bonchev–Trinajstić information content (AvgIpc) is 2.50. The monoisotopic (exact) mass is 222 g/mol. The number of aromatic nitrogens is 1. The number of hydrogen-bond acceptors (Lipinski definition) is 1. The van der Waals surface area contributed by atoms with Gasteiger partial charge in [0.2, 0.25) is 0 Å². The Bertz CT molecular complexity index is 328. The maximum Gasteiger partial charge on any atom is 0.115 e. The summed E-state index contributed by atoms with van der Waals surface area (Å²) in [6.45, 7) is 3.63. The fourth-order valence-electron chi connectivity index (χ4n) is 0.924. The molecule has 2 nitrogen and oxygen atoms in total. The van der Waals surface area contributed by atoms with E-state index < -0.39 is 0 Å². The molecule has 4 heteroatoms. The van der Waals surface area contributed by atoms with E-state index in [2.05, 4.69) is 27.5 Å². The van der Waals surface area contributed by atoms with Crippen LogP contribution in [0.3, 0.4) is 0 Å². The van der Waals surface area contributed by atoms with Gasteiger partial charge in [0.1, 0.15) is 7.85 Å². The minimum absolute atomic E-state index is 0.494. The molecule has 0 aliphatic rings. The Morgan fingerprint density at radius 3 is 2.92 bits per heavy atom. The van der Waals surface area contributed by atoms with Gasteiger partial charge in [0.25, 0.3) is 0 Å². The summed E-state index contributed by atoms with van der Waals surface area (Å²) in [6, 6.07) is 1.88. The summed E-state index contributed by atoms with van der Waals surface area (Å²) in [5.41, 5.74) is 7.55. The smallest absolute Gasteiger partial charge is 0.115 e. The zero-order valence-corrected chi connectivity index (χ0v) is 8.06. The highest BCUT2D eigenvalue weighted by molar-refractivity contribution is 9.15. The first-order chi connectivity index (χ1) is 5.66. The van der Waals surface area contributed by atoms with Crippen molar-refractivity contribution in [3.05, 3.63) is 36.3 Å². The Morgan fingerprint density at radius 1 is 1.75 bits per heavy atom. The van der Waals surface area contributed by atoms with E-state index in [1.807, 2.05) is 6.07 Å². The van der Waals surface area contributed by atoms with E-state index >= 15 is 0 Å². The highest BCUT2D eigenvalue weighted by Gasteiger charge is 2.05. The Labute approximate surface area is 81.1 Å². The van der Waals surface area contributed by atoms with E-state index in [-0.39, 0.29) is 0 Å². The fraction of sp³-hybridized carbons (Fsp3) is 0. The summed E-state index contributed by atoms with van der Waals surface area (Å²) >= 11 is 3.30. The molecule has 12 heavy (non-hydrogen) atoms. The standard InChI is InChI=1S/C8H8BBrN2/c1-5(9)8-6(2-3-12-8)7(10)4-11/h2-4,12H,1,11H2/b7-4+. The van der Waals surface area contributed by atoms with Crippen molar-refractivity contribution < 1.29 is 0 Å². The van der Waals surface area contributed by atoms with Crippen molar-refractivity contribution >= 4 is 33.7 Å². The van der Waals surface area contributed by atoms with Crippen LogP contribution in [0.25, 0.3) is 9.95 Å². The number of H-pyrrole nitrogens is 1. The maximum atomic E-state index is 5.54. The molecule has 0 atom stereocenters. The molecule has 2 radical (unpaired) electrons. The van der Waals surface area contributed by atoms with Crippen molar-refractivity contribution in [3.8, 4) is 0 Å². The SMILES string of the molecule is [B]C(=C)c1[nH]ccc1/C(Br)=C\N. The van der Waals surface area contributed by atoms with Gasteiger partial charge in [-0.15, -0.1) is 6.58 Å². The van der Waals surface area contributed by atoms with Gasteiger partial charge in [-0.2, -0.15) is 0 Å². The lowest BCUT2D eigenvalue weighted by molar-refractivity contribution is 1.37. The van der Waals surface area contributed by atoms with Crippen molar-refractivity contribution in [1.82, 2.24) is 4.98 Å². The van der Waals surface area contributed by atoms with Gasteiger partial charge in [0.15, 0.2) is 0 Å². The Balaban J connectivity index is 3.16. The third kappa shape index (κ3) is 1.64. The quantitative estimate of drug-likeness (QED) is 0.737. The van der Waals surface area contributed by atoms with Crippen molar-refractivity contribution in [2.45, 2.75) is 0 Å². The normalized spacial score (nSPS) is 11.6. The number of halogens is 1. The molecule has 1 aromatic rings. The first-order valence-electron chi connectivity index (χ1n) is 3.36. The molecule has 0 spiro atoms. The van der Waals surface area contributed by atoms with Crippen molar-refractivity contribution in [2.75, 3.05) is 0 Å². The molecule has 0 aliphatic heterocycles. The van der Waals surface area contributed by atoms with Gasteiger partial charge in [0, 0.05) is 28.1 Å². The van der Waals surface area contributed by atoms with Crippen LogP contribution >= 0.6 is 15.9 Å². The van der Waals surface area contributed by atoms with Crippen LogP contribution < -0.4 is 5.73 Å². The molecule has 0 saturated heterocycles. The predicted molar refractivity (Wildman–Crippen MR) is 56.7 cm³/mol. The van der Waals surface area contributed by atoms with Gasteiger partial charge in [-0.25, -0.2) is 0 Å². The number of nitrogens with two attached hydrogens (primary N) is 1. The van der Waals surface area contributed by atoms with Crippen LogP contribution in [0.5, 0.6) is 0 Å². The molecule has 1 heterocycles. The zero-order chi connectivity index (χ0) is 9.14. The summed E-state index contributed by atoms with van der Waals surface area (Å²) in [4.78, 5) is 2.97. The molecule has 0 amide bonds. The molecule has 1 rings (SSSR count). The van der Waals surface area contributed by atoms with E-state index in [0.29, 0.717) is 5.47 Å². The Morgan fingerprint density at radius 2 is 2.42 bits per heavy atom. The number of rotatable bonds is 2. The molecule has 0 aromatic carbocycles. The fourth-order valence-corrected chi connectivity index (χ4v) is 1.25. The van der Waals surface area contributed by atoms with Crippen molar-refractivity contribution in [2.24, 2.45) is 5.73 Å². The summed E-state index contributed by atoms with van der Waals surface area (Å²) in [5.74, 6) is 0. The second-order valence-electron chi connectivity index (χ2n) is 2.31. The largest absolute Gasteiger partial charge is 0.404 e. The molecule has 0 aliphatic carbocycles. The number of hydrogen-bond donors (Lipinski definition) is 2. The summed E-state index contributed by atoms with van der Waals surface area (Å²) in [6.07, 6.45) is 3.25. The summed E-state index contributed by atoms with van der Waals surface area (Å²) < 4.78 is 0.797. The third-order valence-electron chi connectivity index (χ3n) is 1.47. The van der Waals surface area contributed by atoms with E-state index in [1.54, 1.807) is 6.20 Å². The van der Waals surface area contributed by atoms with Crippen molar-refractivity contribution in [1.29, 1.82) is 0 Å². The number of aromatic amines is 1. The van der Waals surface area contributed by atoms with Gasteiger partial charge in [0.05, 0.1) is 0 Å². The van der Waals surface area contributed by atoms with Crippen LogP contribution in [0.1, 0.15) is 11.3 Å². The van der Waals surface area contributed by atoms with E-state index in [0.717, 1.165) is 15.7 Å². The second-order valence-corrected chi connectivity index (χ2v) is 3.16. The number of nitrogens with one attached hydrogen (secondary N) is 1. The van der Waals surface area contributed by atoms with Crippen LogP contribution in [0.15, 0.2) is 25.0 Å². The topological polar surface area (TPSA) is 41.8 Å². The van der Waals surface area contributed by atoms with Gasteiger partial charge in [-0.05, 0) is 22.0 Å². The lowest BCUT2D eigenvalue weighted by Crippen LogP contribution is -1.88. The molecule has 0 bridgehead atoms. The van der Waals surface area contributed by atoms with Crippen LogP contribution in [0.4, 0.5) is 0 Å². The van der Waals surface area contributed by atoms with Crippen LogP contribution in [-0.4, -0.2) is 12.8 Å². The third-order valence-corrected chi connectivity index (χ3v) is 2.16. The van der Waals surface area contributed by atoms with E-state index in [9.17, 15) is 0 Å². The first-order valence-corrected chi connectivity index (χ1v) is 4.16. The second kappa shape index (κ2) is 3.67. The average molecular weight is 223 g/mol. The highest BCUT2D eigenvalue weighted by Crippen LogP contribution is 2.25. The molecular weight excluding hydrogens is 215 g/mol. The lowest BCUT2D eigenvalue weighted by atomic mass is 9.92. The van der Waals surface area contributed by atoms with E-state index in [4.69, 9.17) is 13.6 Å². The van der Waals surface area contributed by atoms with Gasteiger partial charge in [-0.3, -0.25) is 0 Å². The van der Waals surface area contributed by atoms with Crippen LogP contribution in [0.2, 0.25) is 0 Å². The molecule has 0 unspecified atom stereocenters. The Hall–Kier alpha value is -0.895. The van der Waals surface area contributed by atoms with Crippen LogP contribution in [-0.2, 0) is 0 Å². The minimum Gasteiger partial charge on any atom is -0.404 e. The van der Waals surface area contributed by atoms with Gasteiger partial charge >= 0.3 is 0 Å². The van der Waals surface area contributed by atoms with Gasteiger partial charge in [-0.1, -0.05) is 5.47 Å². The Kier molecular flexibility index (Phi) is 2.81. The molecule has 1 aromatic heterocycles. The maximum absolute atomic E-state index is 5.54. The molecule has 60 valence electrons. The van der Waals surface area contributed by atoms with Gasteiger partial charge < -0.3 is 10.7 Å². The molecule has 0 fully saturated rings. The highest BCUT2D eigenvalue weighted by atomic mass is 79.9. The molecule has 3 N–H and O–H groups in total. The van der Waals surface area contributed by atoms with Crippen LogP contribution in [0, 0.1) is 0 Å². The lowest BCUT2D eigenvalue weighted by Gasteiger charge is -2.01. The van der Waals surface area contributed by atoms with Crippen molar-refractivity contribution in [3.63, 3.8) is 0 Å².